The Hall–Kier alpha value is -4.18. The third kappa shape index (κ3) is 8.27. The van der Waals surface area contributed by atoms with Crippen molar-refractivity contribution in [2.75, 3.05) is 19.6 Å². The van der Waals surface area contributed by atoms with Crippen molar-refractivity contribution in [3.63, 3.8) is 0 Å². The fourth-order valence-corrected chi connectivity index (χ4v) is 7.30. The molecule has 4 aromatic rings. The highest BCUT2D eigenvalue weighted by atomic mass is 32.1. The minimum Gasteiger partial charge on any atom is -0.445 e. The number of likely N-dealkylation sites (tertiary alicyclic amines) is 1. The van der Waals surface area contributed by atoms with Crippen LogP contribution in [0.3, 0.4) is 0 Å². The standard InChI is InChI=1S/C38H42F3N3O3S/c1-24(2)36(45)44(21-27-20-43(22-31(27)41)37(46)47-23-26-14-10-7-11-15-26)34(38(3,4)5)33-32(18-25-12-8-6-9-13-25)48-35(42-33)29-19-28(39)16-17-30(29)40/h6-17,19,24,27,31,34H,18,20-23H2,1-5H3/t27-,31-,34-/m0/s1. The molecule has 3 aromatic carbocycles. The van der Waals surface area contributed by atoms with Gasteiger partial charge in [0.05, 0.1) is 18.3 Å². The second kappa shape index (κ2) is 14.9. The quantitative estimate of drug-likeness (QED) is 0.168. The van der Waals surface area contributed by atoms with E-state index < -0.39 is 47.2 Å². The zero-order valence-electron chi connectivity index (χ0n) is 28.0. The van der Waals surface area contributed by atoms with Crippen LogP contribution in [-0.4, -0.2) is 52.6 Å². The fraction of sp³-hybridized carbons (Fsp3) is 0.395. The lowest BCUT2D eigenvalue weighted by atomic mass is 9.81. The van der Waals surface area contributed by atoms with E-state index in [1.165, 1.54) is 16.2 Å². The number of amides is 2. The maximum atomic E-state index is 15.7. The van der Waals surface area contributed by atoms with Crippen LogP contribution in [0.5, 0.6) is 0 Å². The third-order valence-corrected chi connectivity index (χ3v) is 9.62. The van der Waals surface area contributed by atoms with Crippen LogP contribution >= 0.6 is 11.3 Å². The van der Waals surface area contributed by atoms with Crippen LogP contribution in [0, 0.1) is 28.9 Å². The molecule has 0 unspecified atom stereocenters. The lowest BCUT2D eigenvalue weighted by Crippen LogP contribution is -2.47. The summed E-state index contributed by atoms with van der Waals surface area (Å²) in [4.78, 5) is 35.8. The maximum Gasteiger partial charge on any atom is 0.410 e. The first kappa shape index (κ1) is 35.1. The van der Waals surface area contributed by atoms with Crippen LogP contribution < -0.4 is 0 Å². The van der Waals surface area contributed by atoms with E-state index in [-0.39, 0.29) is 37.7 Å². The molecule has 0 spiro atoms. The van der Waals surface area contributed by atoms with Gasteiger partial charge in [-0.1, -0.05) is 95.3 Å². The van der Waals surface area contributed by atoms with Gasteiger partial charge in [-0.05, 0) is 34.7 Å². The molecule has 1 saturated heterocycles. The first-order chi connectivity index (χ1) is 22.8. The molecule has 48 heavy (non-hydrogen) atoms. The average Bonchev–Trinajstić information content (AvgIpc) is 3.63. The number of alkyl halides is 1. The number of nitrogens with zero attached hydrogens (tertiary/aromatic N) is 3. The summed E-state index contributed by atoms with van der Waals surface area (Å²) in [7, 11) is 0. The van der Waals surface area contributed by atoms with Crippen molar-refractivity contribution in [3.8, 4) is 10.6 Å². The molecule has 6 nitrogen and oxygen atoms in total. The molecule has 1 aliphatic rings. The molecule has 0 saturated carbocycles. The number of rotatable bonds is 10. The van der Waals surface area contributed by atoms with Gasteiger partial charge in [-0.25, -0.2) is 22.9 Å². The van der Waals surface area contributed by atoms with Crippen LogP contribution in [-0.2, 0) is 22.6 Å². The highest BCUT2D eigenvalue weighted by Gasteiger charge is 2.44. The number of hydrogen-bond acceptors (Lipinski definition) is 5. The summed E-state index contributed by atoms with van der Waals surface area (Å²) < 4.78 is 50.6. The Morgan fingerprint density at radius 2 is 1.62 bits per heavy atom. The van der Waals surface area contributed by atoms with Gasteiger partial charge in [0.1, 0.15) is 29.4 Å². The SMILES string of the molecule is CC(C)C(=O)N(C[C@@H]1CN(C(=O)OCc2ccccc2)C[C@@H]1F)[C@@H](c1nc(-c2cc(F)ccc2F)sc1Cc1ccccc1)C(C)(C)C. The highest BCUT2D eigenvalue weighted by Crippen LogP contribution is 2.44. The summed E-state index contributed by atoms with van der Waals surface area (Å²) in [5.41, 5.74) is 1.83. The Bertz CT molecular complexity index is 1710. The number of thiazole rings is 1. The van der Waals surface area contributed by atoms with Crippen LogP contribution in [0.15, 0.2) is 78.9 Å². The highest BCUT2D eigenvalue weighted by molar-refractivity contribution is 7.15. The number of halogens is 3. The smallest absolute Gasteiger partial charge is 0.410 e. The normalized spacial score (nSPS) is 17.1. The van der Waals surface area contributed by atoms with Gasteiger partial charge in [-0.2, -0.15) is 0 Å². The van der Waals surface area contributed by atoms with E-state index in [9.17, 15) is 14.0 Å². The molecule has 1 aliphatic heterocycles. The molecule has 0 aliphatic carbocycles. The Morgan fingerprint density at radius 3 is 2.25 bits per heavy atom. The molecule has 0 bridgehead atoms. The monoisotopic (exact) mass is 677 g/mol. The minimum atomic E-state index is -1.38. The summed E-state index contributed by atoms with van der Waals surface area (Å²) in [6.45, 7) is 9.61. The maximum absolute atomic E-state index is 15.7. The average molecular weight is 678 g/mol. The van der Waals surface area contributed by atoms with Crippen molar-refractivity contribution in [3.05, 3.63) is 112 Å². The molecular weight excluding hydrogens is 635 g/mol. The molecule has 2 heterocycles. The largest absolute Gasteiger partial charge is 0.445 e. The van der Waals surface area contributed by atoms with Crippen molar-refractivity contribution in [1.82, 2.24) is 14.8 Å². The van der Waals surface area contributed by atoms with Gasteiger partial charge in [-0.3, -0.25) is 4.79 Å². The van der Waals surface area contributed by atoms with Crippen molar-refractivity contribution in [2.45, 2.75) is 59.9 Å². The van der Waals surface area contributed by atoms with Gasteiger partial charge < -0.3 is 14.5 Å². The van der Waals surface area contributed by atoms with E-state index in [4.69, 9.17) is 9.72 Å². The summed E-state index contributed by atoms with van der Waals surface area (Å²) in [5.74, 6) is -2.46. The first-order valence-corrected chi connectivity index (χ1v) is 17.0. The Morgan fingerprint density at radius 1 is 0.979 bits per heavy atom. The molecule has 0 radical (unpaired) electrons. The van der Waals surface area contributed by atoms with E-state index in [0.29, 0.717) is 17.1 Å². The van der Waals surface area contributed by atoms with Gasteiger partial charge >= 0.3 is 6.09 Å². The molecule has 2 amide bonds. The van der Waals surface area contributed by atoms with E-state index in [1.807, 2.05) is 81.4 Å². The predicted octanol–water partition coefficient (Wildman–Crippen LogP) is 8.86. The molecule has 5 rings (SSSR count). The molecular formula is C38H42F3N3O3S. The summed E-state index contributed by atoms with van der Waals surface area (Å²) in [6.07, 6.45) is -1.53. The summed E-state index contributed by atoms with van der Waals surface area (Å²) >= 11 is 1.26. The predicted molar refractivity (Wildman–Crippen MR) is 182 cm³/mol. The molecule has 0 N–H and O–H groups in total. The van der Waals surface area contributed by atoms with Gasteiger partial charge in [-0.15, -0.1) is 11.3 Å². The number of aromatic nitrogens is 1. The zero-order valence-corrected chi connectivity index (χ0v) is 28.8. The Kier molecular flexibility index (Phi) is 10.9. The van der Waals surface area contributed by atoms with Crippen molar-refractivity contribution < 1.29 is 27.5 Å². The Balaban J connectivity index is 1.50. The van der Waals surface area contributed by atoms with Gasteiger partial charge in [0.15, 0.2) is 0 Å². The minimum absolute atomic E-state index is 0.0363. The van der Waals surface area contributed by atoms with E-state index >= 15 is 8.78 Å². The summed E-state index contributed by atoms with van der Waals surface area (Å²) in [5, 5.41) is 0.302. The number of ether oxygens (including phenoxy) is 1. The fourth-order valence-electron chi connectivity index (χ4n) is 6.16. The second-order valence-corrected chi connectivity index (χ2v) is 14.8. The molecule has 3 atom stereocenters. The number of carbonyl (C=O) groups excluding carboxylic acids is 2. The van der Waals surface area contributed by atoms with Crippen LogP contribution in [0.1, 0.15) is 62.4 Å². The van der Waals surface area contributed by atoms with E-state index in [2.05, 4.69) is 0 Å². The van der Waals surface area contributed by atoms with E-state index in [1.54, 1.807) is 18.7 Å². The summed E-state index contributed by atoms with van der Waals surface area (Å²) in [6, 6.07) is 21.6. The van der Waals surface area contributed by atoms with Crippen molar-refractivity contribution >= 4 is 23.3 Å². The van der Waals surface area contributed by atoms with Crippen LogP contribution in [0.4, 0.5) is 18.0 Å². The number of benzene rings is 3. The molecule has 1 aromatic heterocycles. The Labute approximate surface area is 284 Å². The van der Waals surface area contributed by atoms with Gasteiger partial charge in [0.2, 0.25) is 5.91 Å². The molecule has 1 fully saturated rings. The molecule has 10 heteroatoms. The number of carbonyl (C=O) groups is 2. The topological polar surface area (TPSA) is 62.7 Å². The van der Waals surface area contributed by atoms with Crippen molar-refractivity contribution in [2.24, 2.45) is 17.3 Å². The van der Waals surface area contributed by atoms with Crippen LogP contribution in [0.25, 0.3) is 10.6 Å². The van der Waals surface area contributed by atoms with Gasteiger partial charge in [0.25, 0.3) is 0 Å². The van der Waals surface area contributed by atoms with Crippen molar-refractivity contribution in [1.29, 1.82) is 0 Å². The molecule has 254 valence electrons. The lowest BCUT2D eigenvalue weighted by Gasteiger charge is -2.42. The second-order valence-electron chi connectivity index (χ2n) is 13.7. The first-order valence-electron chi connectivity index (χ1n) is 16.2. The zero-order chi connectivity index (χ0) is 34.6. The lowest BCUT2D eigenvalue weighted by molar-refractivity contribution is -0.141. The van der Waals surface area contributed by atoms with Crippen LogP contribution in [0.2, 0.25) is 0 Å². The number of hydrogen-bond donors (Lipinski definition) is 0. The third-order valence-electron chi connectivity index (χ3n) is 8.52. The van der Waals surface area contributed by atoms with Gasteiger partial charge in [0, 0.05) is 41.8 Å². The van der Waals surface area contributed by atoms with E-state index in [0.717, 1.165) is 34.2 Å².